The predicted octanol–water partition coefficient (Wildman–Crippen LogP) is 6.44. The van der Waals surface area contributed by atoms with Gasteiger partial charge in [-0.3, -0.25) is 4.79 Å². The van der Waals surface area contributed by atoms with Crippen molar-refractivity contribution in [1.82, 2.24) is 0 Å². The van der Waals surface area contributed by atoms with Crippen LogP contribution in [0, 0.1) is 5.92 Å². The molecule has 0 radical (unpaired) electrons. The number of methoxy groups -OCH3 is 1. The van der Waals surface area contributed by atoms with Crippen molar-refractivity contribution in [2.45, 2.75) is 97.3 Å². The molecule has 0 fully saturated rings. The molecule has 0 spiro atoms. The number of hydrogen-bond acceptors (Lipinski definition) is 2. The molecule has 0 N–H and O–H groups in total. The predicted molar refractivity (Wildman–Crippen MR) is 96.0 cm³/mol. The first-order valence-corrected chi connectivity index (χ1v) is 9.42. The summed E-state index contributed by atoms with van der Waals surface area (Å²) < 4.78 is 4.62. The summed E-state index contributed by atoms with van der Waals surface area (Å²) in [4.78, 5) is 10.9. The van der Waals surface area contributed by atoms with Gasteiger partial charge in [0, 0.05) is 6.42 Å². The number of hydrogen-bond donors (Lipinski definition) is 0. The Balaban J connectivity index is 3.29. The molecule has 1 atom stereocenters. The van der Waals surface area contributed by atoms with Crippen molar-refractivity contribution in [3.8, 4) is 0 Å². The van der Waals surface area contributed by atoms with Crippen molar-refractivity contribution < 1.29 is 9.53 Å². The molecule has 0 heterocycles. The summed E-state index contributed by atoms with van der Waals surface area (Å²) in [6.07, 6.45) is 20.5. The van der Waals surface area contributed by atoms with Crippen molar-refractivity contribution in [2.24, 2.45) is 5.92 Å². The second-order valence-electron chi connectivity index (χ2n) is 6.53. The van der Waals surface area contributed by atoms with Crippen LogP contribution in [0.25, 0.3) is 0 Å². The zero-order chi connectivity index (χ0) is 16.5. The Morgan fingerprint density at radius 2 is 1.55 bits per heavy atom. The molecule has 0 aromatic carbocycles. The van der Waals surface area contributed by atoms with Crippen LogP contribution >= 0.6 is 0 Å². The Morgan fingerprint density at radius 3 is 2.23 bits per heavy atom. The lowest BCUT2D eigenvalue weighted by Gasteiger charge is -2.10. The van der Waals surface area contributed by atoms with Gasteiger partial charge in [0.05, 0.1) is 7.11 Å². The molecule has 0 aliphatic rings. The van der Waals surface area contributed by atoms with Gasteiger partial charge >= 0.3 is 5.97 Å². The van der Waals surface area contributed by atoms with E-state index in [-0.39, 0.29) is 5.97 Å². The number of ether oxygens (including phenoxy) is 1. The minimum absolute atomic E-state index is 0.0901. The number of unbranched alkanes of at least 4 members (excludes halogenated alkanes) is 7. The Labute approximate surface area is 138 Å². The largest absolute Gasteiger partial charge is 0.469 e. The lowest BCUT2D eigenvalue weighted by Crippen LogP contribution is -1.98. The Kier molecular flexibility index (Phi) is 16.0. The van der Waals surface area contributed by atoms with E-state index < -0.39 is 0 Å². The van der Waals surface area contributed by atoms with Crippen molar-refractivity contribution >= 4 is 5.97 Å². The van der Waals surface area contributed by atoms with E-state index in [2.05, 4.69) is 30.7 Å². The highest BCUT2D eigenvalue weighted by atomic mass is 16.5. The highest BCUT2D eigenvalue weighted by Gasteiger charge is 2.01. The molecule has 0 saturated heterocycles. The van der Waals surface area contributed by atoms with Crippen molar-refractivity contribution in [3.05, 3.63) is 12.2 Å². The van der Waals surface area contributed by atoms with Crippen LogP contribution in [0.15, 0.2) is 12.2 Å². The fraction of sp³-hybridized carbons (Fsp3) is 0.850. The van der Waals surface area contributed by atoms with E-state index in [0.717, 1.165) is 25.2 Å². The molecule has 22 heavy (non-hydrogen) atoms. The minimum Gasteiger partial charge on any atom is -0.469 e. The van der Waals surface area contributed by atoms with Gasteiger partial charge in [-0.15, -0.1) is 0 Å². The van der Waals surface area contributed by atoms with Crippen molar-refractivity contribution in [3.63, 3.8) is 0 Å². The van der Waals surface area contributed by atoms with E-state index in [4.69, 9.17) is 0 Å². The molecule has 0 aromatic rings. The lowest BCUT2D eigenvalue weighted by atomic mass is 9.97. The first-order chi connectivity index (χ1) is 10.7. The topological polar surface area (TPSA) is 26.3 Å². The molecule has 0 rings (SSSR count). The summed E-state index contributed by atoms with van der Waals surface area (Å²) in [5.41, 5.74) is 0. The first-order valence-electron chi connectivity index (χ1n) is 9.42. The number of allylic oxidation sites excluding steroid dienone is 2. The zero-order valence-corrected chi connectivity index (χ0v) is 15.2. The van der Waals surface area contributed by atoms with E-state index in [1.807, 2.05) is 0 Å². The maximum absolute atomic E-state index is 10.9. The highest BCUT2D eigenvalue weighted by Crippen LogP contribution is 2.17. The smallest absolute Gasteiger partial charge is 0.305 e. The van der Waals surface area contributed by atoms with Crippen LogP contribution < -0.4 is 0 Å². The second kappa shape index (κ2) is 16.6. The summed E-state index contributed by atoms with van der Waals surface area (Å²) in [6, 6.07) is 0. The maximum atomic E-state index is 10.9. The molecule has 0 saturated carbocycles. The van der Waals surface area contributed by atoms with Gasteiger partial charge < -0.3 is 4.74 Å². The van der Waals surface area contributed by atoms with Crippen LogP contribution in [0.4, 0.5) is 0 Å². The number of carbonyl (C=O) groups is 1. The third kappa shape index (κ3) is 15.6. The Morgan fingerprint density at radius 1 is 0.909 bits per heavy atom. The normalized spacial score (nSPS) is 12.7. The molecular weight excluding hydrogens is 272 g/mol. The van der Waals surface area contributed by atoms with Crippen LogP contribution in [0.1, 0.15) is 97.3 Å². The van der Waals surface area contributed by atoms with E-state index >= 15 is 0 Å². The van der Waals surface area contributed by atoms with Gasteiger partial charge in [0.1, 0.15) is 0 Å². The van der Waals surface area contributed by atoms with Crippen LogP contribution in [0.2, 0.25) is 0 Å². The van der Waals surface area contributed by atoms with E-state index in [0.29, 0.717) is 6.42 Å². The van der Waals surface area contributed by atoms with Gasteiger partial charge in [-0.25, -0.2) is 0 Å². The standard InChI is InChI=1S/C20H38O2/c1-4-5-6-10-13-16-19(2)17-14-11-8-7-9-12-15-18-20(21)22-3/h7-8,19H,4-6,9-18H2,1-3H3. The fourth-order valence-electron chi connectivity index (χ4n) is 2.69. The molecule has 0 aliphatic heterocycles. The zero-order valence-electron chi connectivity index (χ0n) is 15.2. The quantitative estimate of drug-likeness (QED) is 0.197. The highest BCUT2D eigenvalue weighted by molar-refractivity contribution is 5.68. The van der Waals surface area contributed by atoms with Crippen LogP contribution in [0.5, 0.6) is 0 Å². The third-order valence-corrected chi connectivity index (χ3v) is 4.26. The first kappa shape index (κ1) is 21.2. The summed E-state index contributed by atoms with van der Waals surface area (Å²) in [6.45, 7) is 4.67. The molecule has 1 unspecified atom stereocenters. The molecule has 0 aromatic heterocycles. The molecule has 0 aliphatic carbocycles. The molecule has 2 nitrogen and oxygen atoms in total. The summed E-state index contributed by atoms with van der Waals surface area (Å²) in [7, 11) is 1.45. The van der Waals surface area contributed by atoms with E-state index in [9.17, 15) is 4.79 Å². The van der Waals surface area contributed by atoms with Gasteiger partial charge in [0.2, 0.25) is 0 Å². The lowest BCUT2D eigenvalue weighted by molar-refractivity contribution is -0.140. The molecule has 2 heteroatoms. The molecule has 130 valence electrons. The third-order valence-electron chi connectivity index (χ3n) is 4.26. The second-order valence-corrected chi connectivity index (χ2v) is 6.53. The Bertz CT molecular complexity index is 271. The van der Waals surface area contributed by atoms with Crippen molar-refractivity contribution in [2.75, 3.05) is 7.11 Å². The van der Waals surface area contributed by atoms with E-state index in [1.165, 1.54) is 64.9 Å². The van der Waals surface area contributed by atoms with Crippen LogP contribution in [-0.4, -0.2) is 13.1 Å². The Hall–Kier alpha value is -0.790. The summed E-state index contributed by atoms with van der Waals surface area (Å²) >= 11 is 0. The number of esters is 1. The molecule has 0 bridgehead atoms. The van der Waals surface area contributed by atoms with Gasteiger partial charge in [-0.05, 0) is 38.0 Å². The van der Waals surface area contributed by atoms with Crippen LogP contribution in [0.3, 0.4) is 0 Å². The van der Waals surface area contributed by atoms with Gasteiger partial charge in [-0.2, -0.15) is 0 Å². The fourth-order valence-corrected chi connectivity index (χ4v) is 2.69. The summed E-state index contributed by atoms with van der Waals surface area (Å²) in [5, 5.41) is 0. The molecular formula is C20H38O2. The summed E-state index contributed by atoms with van der Waals surface area (Å²) in [5.74, 6) is 0.794. The van der Waals surface area contributed by atoms with Gasteiger partial charge in [-0.1, -0.05) is 70.9 Å². The van der Waals surface area contributed by atoms with E-state index in [1.54, 1.807) is 0 Å². The van der Waals surface area contributed by atoms with Crippen LogP contribution in [-0.2, 0) is 9.53 Å². The maximum Gasteiger partial charge on any atom is 0.305 e. The monoisotopic (exact) mass is 310 g/mol. The van der Waals surface area contributed by atoms with Gasteiger partial charge in [0.25, 0.3) is 0 Å². The minimum atomic E-state index is -0.0901. The van der Waals surface area contributed by atoms with Gasteiger partial charge in [0.15, 0.2) is 0 Å². The average Bonchev–Trinajstić information content (AvgIpc) is 2.52. The number of rotatable bonds is 15. The average molecular weight is 311 g/mol. The van der Waals surface area contributed by atoms with Crippen molar-refractivity contribution in [1.29, 1.82) is 0 Å². The molecule has 0 amide bonds. The number of carbonyl (C=O) groups excluding carboxylic acids is 1. The SMILES string of the molecule is CCCCCCCC(C)CCCC=CCCCCC(=O)OC.